The standard InChI is InChI=1S/C17H14FNO3S2/c1-10-3-6-13(24(2,21)22)9-14(10)19-17(20)16-7-11-4-5-12(18)8-15(11)23-16/h3-9H,1-2H3,(H,19,20). The summed E-state index contributed by atoms with van der Waals surface area (Å²) in [4.78, 5) is 13.0. The lowest BCUT2D eigenvalue weighted by molar-refractivity contribution is 0.103. The van der Waals surface area contributed by atoms with E-state index in [1.807, 2.05) is 0 Å². The minimum Gasteiger partial charge on any atom is -0.321 e. The van der Waals surface area contributed by atoms with Crippen molar-refractivity contribution in [3.63, 3.8) is 0 Å². The maximum Gasteiger partial charge on any atom is 0.265 e. The van der Waals surface area contributed by atoms with Crippen molar-refractivity contribution in [2.75, 3.05) is 11.6 Å². The van der Waals surface area contributed by atoms with E-state index in [0.29, 0.717) is 15.3 Å². The molecule has 124 valence electrons. The number of hydrogen-bond acceptors (Lipinski definition) is 4. The predicted molar refractivity (Wildman–Crippen MR) is 94.0 cm³/mol. The summed E-state index contributed by atoms with van der Waals surface area (Å²) in [6.07, 6.45) is 1.11. The number of carbonyl (C=O) groups is 1. The summed E-state index contributed by atoms with van der Waals surface area (Å²) in [5, 5.41) is 3.51. The quantitative estimate of drug-likeness (QED) is 0.765. The van der Waals surface area contributed by atoms with Gasteiger partial charge in [0.2, 0.25) is 0 Å². The zero-order valence-electron chi connectivity index (χ0n) is 13.0. The zero-order valence-corrected chi connectivity index (χ0v) is 14.6. The lowest BCUT2D eigenvalue weighted by Gasteiger charge is -2.09. The third-order valence-corrected chi connectivity index (χ3v) is 5.80. The molecule has 1 aromatic heterocycles. The van der Waals surface area contributed by atoms with Crippen molar-refractivity contribution in [1.82, 2.24) is 0 Å². The molecule has 24 heavy (non-hydrogen) atoms. The van der Waals surface area contributed by atoms with Crippen LogP contribution in [0.1, 0.15) is 15.2 Å². The van der Waals surface area contributed by atoms with Crippen molar-refractivity contribution < 1.29 is 17.6 Å². The number of benzene rings is 2. The van der Waals surface area contributed by atoms with Crippen molar-refractivity contribution in [3.8, 4) is 0 Å². The Morgan fingerprint density at radius 2 is 1.88 bits per heavy atom. The van der Waals surface area contributed by atoms with Crippen LogP contribution in [0.3, 0.4) is 0 Å². The molecule has 0 bridgehead atoms. The molecule has 1 amide bonds. The van der Waals surface area contributed by atoms with Gasteiger partial charge in [-0.05, 0) is 48.2 Å². The van der Waals surface area contributed by atoms with Gasteiger partial charge in [-0.2, -0.15) is 0 Å². The first kappa shape index (κ1) is 16.6. The van der Waals surface area contributed by atoms with Crippen LogP contribution in [0.25, 0.3) is 10.1 Å². The van der Waals surface area contributed by atoms with Gasteiger partial charge in [0, 0.05) is 16.6 Å². The van der Waals surface area contributed by atoms with Gasteiger partial charge in [0.15, 0.2) is 9.84 Å². The number of halogens is 1. The predicted octanol–water partition coefficient (Wildman–Crippen LogP) is 4.00. The molecule has 0 unspecified atom stereocenters. The molecule has 0 aliphatic rings. The number of sulfone groups is 1. The van der Waals surface area contributed by atoms with Crippen molar-refractivity contribution in [2.24, 2.45) is 0 Å². The van der Waals surface area contributed by atoms with E-state index in [2.05, 4.69) is 5.32 Å². The van der Waals surface area contributed by atoms with Crippen LogP contribution in [0.2, 0.25) is 0 Å². The molecule has 1 N–H and O–H groups in total. The van der Waals surface area contributed by atoms with E-state index >= 15 is 0 Å². The maximum atomic E-state index is 13.3. The fourth-order valence-electron chi connectivity index (χ4n) is 2.27. The fraction of sp³-hybridized carbons (Fsp3) is 0.118. The van der Waals surface area contributed by atoms with E-state index in [-0.39, 0.29) is 16.6 Å². The molecule has 2 aromatic carbocycles. The van der Waals surface area contributed by atoms with E-state index < -0.39 is 9.84 Å². The molecule has 0 fully saturated rings. The zero-order chi connectivity index (χ0) is 17.5. The minimum absolute atomic E-state index is 0.141. The second kappa shape index (κ2) is 5.99. The van der Waals surface area contributed by atoms with E-state index in [9.17, 15) is 17.6 Å². The van der Waals surface area contributed by atoms with E-state index in [1.165, 1.54) is 35.6 Å². The normalized spacial score (nSPS) is 11.6. The van der Waals surface area contributed by atoms with Crippen LogP contribution in [0.15, 0.2) is 47.4 Å². The van der Waals surface area contributed by atoms with E-state index in [0.717, 1.165) is 17.2 Å². The number of aryl methyl sites for hydroxylation is 1. The van der Waals surface area contributed by atoms with Gasteiger partial charge in [0.1, 0.15) is 5.82 Å². The largest absolute Gasteiger partial charge is 0.321 e. The number of anilines is 1. The number of thiophene rings is 1. The lowest BCUT2D eigenvalue weighted by Crippen LogP contribution is -2.12. The fourth-order valence-corrected chi connectivity index (χ4v) is 3.90. The summed E-state index contributed by atoms with van der Waals surface area (Å²) < 4.78 is 37.2. The highest BCUT2D eigenvalue weighted by molar-refractivity contribution is 7.90. The van der Waals surface area contributed by atoms with Crippen molar-refractivity contribution in [1.29, 1.82) is 0 Å². The van der Waals surface area contributed by atoms with Gasteiger partial charge in [0.25, 0.3) is 5.91 Å². The van der Waals surface area contributed by atoms with Crippen LogP contribution in [0.5, 0.6) is 0 Å². The molecule has 0 radical (unpaired) electrons. The van der Waals surface area contributed by atoms with Crippen molar-refractivity contribution >= 4 is 42.9 Å². The highest BCUT2D eigenvalue weighted by atomic mass is 32.2. The molecule has 7 heteroatoms. The van der Waals surface area contributed by atoms with Gasteiger partial charge >= 0.3 is 0 Å². The molecular formula is C17H14FNO3S2. The number of amides is 1. The van der Waals surface area contributed by atoms with Gasteiger partial charge in [-0.1, -0.05) is 12.1 Å². The summed E-state index contributed by atoms with van der Waals surface area (Å²) in [7, 11) is -3.36. The molecule has 4 nitrogen and oxygen atoms in total. The molecule has 0 saturated heterocycles. The molecule has 3 rings (SSSR count). The van der Waals surface area contributed by atoms with Crippen LogP contribution < -0.4 is 5.32 Å². The molecule has 0 saturated carbocycles. The smallest absolute Gasteiger partial charge is 0.265 e. The second-order valence-electron chi connectivity index (χ2n) is 5.50. The highest BCUT2D eigenvalue weighted by Gasteiger charge is 2.14. The van der Waals surface area contributed by atoms with Crippen LogP contribution in [-0.2, 0) is 9.84 Å². The molecule has 0 spiro atoms. The van der Waals surface area contributed by atoms with Gasteiger partial charge in [0.05, 0.1) is 9.77 Å². The molecule has 1 heterocycles. The minimum atomic E-state index is -3.36. The summed E-state index contributed by atoms with van der Waals surface area (Å²) in [6, 6.07) is 10.6. The Balaban J connectivity index is 1.93. The summed E-state index contributed by atoms with van der Waals surface area (Å²) in [5.41, 5.74) is 1.19. The summed E-state index contributed by atoms with van der Waals surface area (Å²) in [6.45, 7) is 1.78. The Bertz CT molecular complexity index is 1050. The highest BCUT2D eigenvalue weighted by Crippen LogP contribution is 2.28. The lowest BCUT2D eigenvalue weighted by atomic mass is 10.2. The molecule has 0 aliphatic heterocycles. The van der Waals surface area contributed by atoms with Gasteiger partial charge < -0.3 is 5.32 Å². The average Bonchev–Trinajstić information content (AvgIpc) is 2.91. The van der Waals surface area contributed by atoms with Crippen LogP contribution in [0, 0.1) is 12.7 Å². The summed E-state index contributed by atoms with van der Waals surface area (Å²) >= 11 is 1.18. The third-order valence-electron chi connectivity index (χ3n) is 3.59. The first-order valence-corrected chi connectivity index (χ1v) is 9.76. The first-order valence-electron chi connectivity index (χ1n) is 7.05. The molecular weight excluding hydrogens is 349 g/mol. The van der Waals surface area contributed by atoms with Gasteiger partial charge in [-0.25, -0.2) is 12.8 Å². The second-order valence-corrected chi connectivity index (χ2v) is 8.60. The Morgan fingerprint density at radius 3 is 2.58 bits per heavy atom. The molecule has 3 aromatic rings. The van der Waals surface area contributed by atoms with Gasteiger partial charge in [-0.3, -0.25) is 4.79 Å². The Morgan fingerprint density at radius 1 is 1.12 bits per heavy atom. The number of carbonyl (C=O) groups excluding carboxylic acids is 1. The Hall–Kier alpha value is -2.25. The average molecular weight is 363 g/mol. The SMILES string of the molecule is Cc1ccc(S(C)(=O)=O)cc1NC(=O)c1cc2ccc(F)cc2s1. The number of nitrogens with one attached hydrogen (secondary N) is 1. The Kier molecular flexibility index (Phi) is 4.15. The Labute approximate surface area is 142 Å². The van der Waals surface area contributed by atoms with Crippen molar-refractivity contribution in [2.45, 2.75) is 11.8 Å². The maximum absolute atomic E-state index is 13.3. The van der Waals surface area contributed by atoms with Crippen LogP contribution in [-0.4, -0.2) is 20.6 Å². The number of rotatable bonds is 3. The van der Waals surface area contributed by atoms with Gasteiger partial charge in [-0.15, -0.1) is 11.3 Å². The van der Waals surface area contributed by atoms with Crippen molar-refractivity contribution in [3.05, 3.63) is 58.7 Å². The van der Waals surface area contributed by atoms with E-state index in [4.69, 9.17) is 0 Å². The first-order chi connectivity index (χ1) is 11.2. The van der Waals surface area contributed by atoms with E-state index in [1.54, 1.807) is 25.1 Å². The topological polar surface area (TPSA) is 63.2 Å². The van der Waals surface area contributed by atoms with Crippen LogP contribution in [0.4, 0.5) is 10.1 Å². The van der Waals surface area contributed by atoms with Crippen LogP contribution >= 0.6 is 11.3 Å². The molecule has 0 atom stereocenters. The summed E-state index contributed by atoms with van der Waals surface area (Å²) in [5.74, 6) is -0.710. The monoisotopic (exact) mass is 363 g/mol. The number of hydrogen-bond donors (Lipinski definition) is 1. The number of fused-ring (bicyclic) bond motifs is 1. The third kappa shape index (κ3) is 3.32. The molecule has 0 aliphatic carbocycles.